The zero-order chi connectivity index (χ0) is 15.1. The van der Waals surface area contributed by atoms with Crippen molar-refractivity contribution in [1.82, 2.24) is 10.2 Å². The van der Waals surface area contributed by atoms with Crippen molar-refractivity contribution < 1.29 is 0 Å². The Morgan fingerprint density at radius 3 is 2.20 bits per heavy atom. The summed E-state index contributed by atoms with van der Waals surface area (Å²) in [5.74, 6) is 0. The number of nitrogens with zero attached hydrogens (tertiary/aromatic N) is 1. The van der Waals surface area contributed by atoms with Gasteiger partial charge in [-0.05, 0) is 66.2 Å². The summed E-state index contributed by atoms with van der Waals surface area (Å²) in [7, 11) is 2.21. The molecule has 1 aromatic rings. The fourth-order valence-corrected chi connectivity index (χ4v) is 2.51. The van der Waals surface area contributed by atoms with E-state index in [2.05, 4.69) is 70.1 Å². The highest BCUT2D eigenvalue weighted by Gasteiger charge is 2.13. The van der Waals surface area contributed by atoms with Crippen LogP contribution in [0.25, 0.3) is 0 Å². The fourth-order valence-electron chi connectivity index (χ4n) is 2.51. The van der Waals surface area contributed by atoms with Crippen LogP contribution in [-0.4, -0.2) is 31.1 Å². The minimum Gasteiger partial charge on any atom is -0.310 e. The molecule has 0 bridgehead atoms. The molecule has 0 radical (unpaired) electrons. The molecule has 0 aliphatic rings. The van der Waals surface area contributed by atoms with E-state index < -0.39 is 0 Å². The topological polar surface area (TPSA) is 15.3 Å². The monoisotopic (exact) mass is 276 g/mol. The maximum atomic E-state index is 3.71. The van der Waals surface area contributed by atoms with E-state index in [0.717, 1.165) is 19.5 Å². The summed E-state index contributed by atoms with van der Waals surface area (Å²) in [4.78, 5) is 2.42. The Bertz CT molecular complexity index is 378. The molecule has 0 fully saturated rings. The molecule has 0 saturated carbocycles. The molecule has 114 valence electrons. The maximum absolute atomic E-state index is 3.71. The van der Waals surface area contributed by atoms with Crippen LogP contribution >= 0.6 is 0 Å². The molecule has 0 aromatic heterocycles. The number of benzene rings is 1. The highest BCUT2D eigenvalue weighted by Crippen LogP contribution is 2.20. The van der Waals surface area contributed by atoms with Crippen LogP contribution < -0.4 is 5.32 Å². The Morgan fingerprint density at radius 2 is 1.70 bits per heavy atom. The van der Waals surface area contributed by atoms with E-state index in [1.54, 1.807) is 0 Å². The molecule has 1 unspecified atom stereocenters. The Kier molecular flexibility index (Phi) is 7.25. The van der Waals surface area contributed by atoms with E-state index in [-0.39, 0.29) is 0 Å². The lowest BCUT2D eigenvalue weighted by atomic mass is 9.98. The Labute approximate surface area is 125 Å². The third kappa shape index (κ3) is 5.64. The molecule has 0 spiro atoms. The van der Waals surface area contributed by atoms with Crippen molar-refractivity contribution >= 4 is 0 Å². The second kappa shape index (κ2) is 8.43. The fraction of sp³-hybridized carbons (Fsp3) is 0.667. The van der Waals surface area contributed by atoms with E-state index in [4.69, 9.17) is 0 Å². The molecule has 1 aromatic carbocycles. The van der Waals surface area contributed by atoms with Crippen molar-refractivity contribution in [3.8, 4) is 0 Å². The van der Waals surface area contributed by atoms with Gasteiger partial charge in [0.2, 0.25) is 0 Å². The lowest BCUT2D eigenvalue weighted by Crippen LogP contribution is -2.31. The normalized spacial score (nSPS) is 13.2. The third-order valence-electron chi connectivity index (χ3n) is 3.94. The molecule has 2 nitrogen and oxygen atoms in total. The summed E-state index contributed by atoms with van der Waals surface area (Å²) in [6.07, 6.45) is 2.35. The van der Waals surface area contributed by atoms with E-state index in [9.17, 15) is 0 Å². The molecular formula is C18H32N2. The number of rotatable bonds is 8. The Morgan fingerprint density at radius 1 is 1.10 bits per heavy atom. The van der Waals surface area contributed by atoms with Crippen LogP contribution in [-0.2, 0) is 0 Å². The van der Waals surface area contributed by atoms with Crippen LogP contribution in [0.15, 0.2) is 18.2 Å². The zero-order valence-corrected chi connectivity index (χ0v) is 14.2. The minimum atomic E-state index is 0.467. The van der Waals surface area contributed by atoms with Crippen LogP contribution in [0.5, 0.6) is 0 Å². The number of hydrogen-bond acceptors (Lipinski definition) is 2. The summed E-state index contributed by atoms with van der Waals surface area (Å²) in [6, 6.07) is 7.99. The third-order valence-corrected chi connectivity index (χ3v) is 3.94. The van der Waals surface area contributed by atoms with Crippen molar-refractivity contribution in [3.05, 3.63) is 34.9 Å². The van der Waals surface area contributed by atoms with Gasteiger partial charge in [0, 0.05) is 12.1 Å². The first kappa shape index (κ1) is 17.2. The smallest absolute Gasteiger partial charge is 0.0332 e. The van der Waals surface area contributed by atoms with Crippen LogP contribution in [0.2, 0.25) is 0 Å². The van der Waals surface area contributed by atoms with Gasteiger partial charge in [0.25, 0.3) is 0 Å². The average Bonchev–Trinajstić information content (AvgIpc) is 2.37. The van der Waals surface area contributed by atoms with Crippen LogP contribution in [0.1, 0.15) is 56.3 Å². The van der Waals surface area contributed by atoms with Gasteiger partial charge in [-0.3, -0.25) is 0 Å². The maximum Gasteiger partial charge on any atom is 0.0332 e. The van der Waals surface area contributed by atoms with E-state index >= 15 is 0 Å². The molecule has 0 aliphatic heterocycles. The number of nitrogens with one attached hydrogen (secondary N) is 1. The summed E-state index contributed by atoms with van der Waals surface area (Å²) in [6.45, 7) is 13.3. The van der Waals surface area contributed by atoms with E-state index in [1.807, 2.05) is 0 Å². The van der Waals surface area contributed by atoms with Crippen molar-refractivity contribution in [1.29, 1.82) is 0 Å². The predicted octanol–water partition coefficient (Wildman–Crippen LogP) is 4.07. The Hall–Kier alpha value is -0.860. The van der Waals surface area contributed by atoms with Crippen molar-refractivity contribution in [3.63, 3.8) is 0 Å². The predicted molar refractivity (Wildman–Crippen MR) is 89.3 cm³/mol. The molecule has 0 aliphatic carbocycles. The molecule has 1 atom stereocenters. The highest BCUT2D eigenvalue weighted by molar-refractivity contribution is 5.30. The number of aryl methyl sites for hydroxylation is 2. The van der Waals surface area contributed by atoms with Gasteiger partial charge in [0.1, 0.15) is 0 Å². The molecule has 20 heavy (non-hydrogen) atoms. The zero-order valence-electron chi connectivity index (χ0n) is 14.2. The second-order valence-electron chi connectivity index (χ2n) is 6.29. The summed E-state index contributed by atoms with van der Waals surface area (Å²) < 4.78 is 0. The van der Waals surface area contributed by atoms with Crippen LogP contribution in [0, 0.1) is 13.8 Å². The van der Waals surface area contributed by atoms with Crippen molar-refractivity contribution in [2.75, 3.05) is 20.1 Å². The quantitative estimate of drug-likeness (QED) is 0.770. The lowest BCUT2D eigenvalue weighted by molar-refractivity contribution is 0.256. The van der Waals surface area contributed by atoms with Crippen molar-refractivity contribution in [2.24, 2.45) is 0 Å². The van der Waals surface area contributed by atoms with E-state index in [1.165, 1.54) is 23.1 Å². The van der Waals surface area contributed by atoms with Gasteiger partial charge in [0.05, 0.1) is 0 Å². The van der Waals surface area contributed by atoms with Gasteiger partial charge in [-0.2, -0.15) is 0 Å². The van der Waals surface area contributed by atoms with Gasteiger partial charge < -0.3 is 10.2 Å². The van der Waals surface area contributed by atoms with Gasteiger partial charge in [-0.15, -0.1) is 0 Å². The van der Waals surface area contributed by atoms with Crippen LogP contribution in [0.4, 0.5) is 0 Å². The first-order chi connectivity index (χ1) is 9.43. The SMILES string of the molecule is CCCNC(CCN(C)C(C)C)c1cc(C)cc(C)c1. The summed E-state index contributed by atoms with van der Waals surface area (Å²) in [5.41, 5.74) is 4.16. The van der Waals surface area contributed by atoms with Gasteiger partial charge in [-0.1, -0.05) is 36.2 Å². The summed E-state index contributed by atoms with van der Waals surface area (Å²) in [5, 5.41) is 3.71. The van der Waals surface area contributed by atoms with Crippen LogP contribution in [0.3, 0.4) is 0 Å². The molecular weight excluding hydrogens is 244 g/mol. The highest BCUT2D eigenvalue weighted by atomic mass is 15.1. The van der Waals surface area contributed by atoms with Gasteiger partial charge in [0.15, 0.2) is 0 Å². The minimum absolute atomic E-state index is 0.467. The average molecular weight is 276 g/mol. The largest absolute Gasteiger partial charge is 0.310 e. The van der Waals surface area contributed by atoms with Gasteiger partial charge >= 0.3 is 0 Å². The number of hydrogen-bond donors (Lipinski definition) is 1. The molecule has 2 heteroatoms. The van der Waals surface area contributed by atoms with E-state index in [0.29, 0.717) is 12.1 Å². The first-order valence-electron chi connectivity index (χ1n) is 7.95. The van der Waals surface area contributed by atoms with Crippen molar-refractivity contribution in [2.45, 2.75) is 59.5 Å². The summed E-state index contributed by atoms with van der Waals surface area (Å²) >= 11 is 0. The lowest BCUT2D eigenvalue weighted by Gasteiger charge is -2.26. The molecule has 0 heterocycles. The standard InChI is InChI=1S/C18H32N2/c1-7-9-19-18(8-10-20(6)14(2)3)17-12-15(4)11-16(5)13-17/h11-14,18-19H,7-10H2,1-6H3. The molecule has 1 N–H and O–H groups in total. The second-order valence-corrected chi connectivity index (χ2v) is 6.29. The molecule has 0 saturated heterocycles. The first-order valence-corrected chi connectivity index (χ1v) is 7.95. The molecule has 0 amide bonds. The Balaban J connectivity index is 2.77. The molecule has 1 rings (SSSR count). The van der Waals surface area contributed by atoms with Gasteiger partial charge in [-0.25, -0.2) is 0 Å².